The van der Waals surface area contributed by atoms with Gasteiger partial charge in [-0.1, -0.05) is 0 Å². The van der Waals surface area contributed by atoms with Crippen molar-refractivity contribution in [2.75, 3.05) is 21.5 Å². The molecule has 0 atom stereocenters. The highest BCUT2D eigenvalue weighted by Gasteiger charge is 2.33. The highest BCUT2D eigenvalue weighted by Crippen LogP contribution is 2.38. The molecule has 0 bridgehead atoms. The fourth-order valence-electron chi connectivity index (χ4n) is 3.64. The Kier molecular flexibility index (Phi) is 4.15. The van der Waals surface area contributed by atoms with Gasteiger partial charge in [0.15, 0.2) is 0 Å². The van der Waals surface area contributed by atoms with E-state index < -0.39 is 10.0 Å². The lowest BCUT2D eigenvalue weighted by atomic mass is 10.0. The maximum absolute atomic E-state index is 12.8. The first-order chi connectivity index (χ1) is 12.8. The largest absolute Gasteiger partial charge is 0.326 e. The van der Waals surface area contributed by atoms with E-state index in [1.54, 1.807) is 41.3 Å². The van der Waals surface area contributed by atoms with Gasteiger partial charge < -0.3 is 10.2 Å². The topological polar surface area (TPSA) is 95.6 Å². The lowest BCUT2D eigenvalue weighted by molar-refractivity contribution is -0.117. The zero-order chi connectivity index (χ0) is 19.2. The third-order valence-electron chi connectivity index (χ3n) is 4.75. The Morgan fingerprint density at radius 1 is 1.07 bits per heavy atom. The maximum atomic E-state index is 12.8. The molecule has 0 aliphatic carbocycles. The normalized spacial score (nSPS) is 15.4. The minimum absolute atomic E-state index is 0.0296. The van der Waals surface area contributed by atoms with E-state index in [1.807, 2.05) is 0 Å². The Morgan fingerprint density at radius 2 is 1.74 bits per heavy atom. The smallest absolute Gasteiger partial charge is 0.261 e. The second-order valence-electron chi connectivity index (χ2n) is 6.78. The number of rotatable bonds is 4. The second kappa shape index (κ2) is 6.38. The molecule has 0 unspecified atom stereocenters. The molecule has 2 aromatic carbocycles. The molecule has 2 heterocycles. The molecule has 2 aliphatic heterocycles. The van der Waals surface area contributed by atoms with Gasteiger partial charge in [0.1, 0.15) is 0 Å². The van der Waals surface area contributed by atoms with Crippen molar-refractivity contribution in [2.45, 2.75) is 31.1 Å². The van der Waals surface area contributed by atoms with Crippen LogP contribution in [-0.2, 0) is 32.5 Å². The van der Waals surface area contributed by atoms with Crippen molar-refractivity contribution in [3.05, 3.63) is 47.5 Å². The number of carbonyl (C=O) groups excluding carboxylic acids is 2. The van der Waals surface area contributed by atoms with Gasteiger partial charge >= 0.3 is 0 Å². The van der Waals surface area contributed by atoms with Crippen LogP contribution in [0.3, 0.4) is 0 Å². The lowest BCUT2D eigenvalue weighted by Crippen LogP contribution is -2.31. The molecule has 2 N–H and O–H groups in total. The minimum atomic E-state index is -3.78. The summed E-state index contributed by atoms with van der Waals surface area (Å²) in [6, 6.07) is 9.69. The number of hydrogen-bond acceptors (Lipinski definition) is 4. The third kappa shape index (κ3) is 3.28. The summed E-state index contributed by atoms with van der Waals surface area (Å²) in [7, 11) is -3.78. The number of carbonyl (C=O) groups is 2. The fourth-order valence-corrected chi connectivity index (χ4v) is 4.80. The highest BCUT2D eigenvalue weighted by molar-refractivity contribution is 7.92. The molecule has 0 saturated heterocycles. The monoisotopic (exact) mass is 385 g/mol. The molecule has 0 spiro atoms. The van der Waals surface area contributed by atoms with Crippen molar-refractivity contribution in [1.29, 1.82) is 0 Å². The van der Waals surface area contributed by atoms with E-state index in [2.05, 4.69) is 10.0 Å². The quantitative estimate of drug-likeness (QED) is 0.844. The molecule has 0 fully saturated rings. The predicted molar refractivity (Wildman–Crippen MR) is 102 cm³/mol. The number of amides is 2. The minimum Gasteiger partial charge on any atom is -0.326 e. The molecular weight excluding hydrogens is 366 g/mol. The second-order valence-corrected chi connectivity index (χ2v) is 8.46. The molecular formula is C19H19N3O4S. The summed E-state index contributed by atoms with van der Waals surface area (Å²) in [5, 5.41) is 2.63. The number of nitrogens with zero attached hydrogens (tertiary/aromatic N) is 1. The van der Waals surface area contributed by atoms with E-state index in [4.69, 9.17) is 0 Å². The van der Waals surface area contributed by atoms with Crippen LogP contribution < -0.4 is 14.9 Å². The Labute approximate surface area is 157 Å². The molecule has 140 valence electrons. The van der Waals surface area contributed by atoms with E-state index in [0.29, 0.717) is 17.9 Å². The maximum Gasteiger partial charge on any atom is 0.261 e. The van der Waals surface area contributed by atoms with Crippen molar-refractivity contribution >= 4 is 38.9 Å². The summed E-state index contributed by atoms with van der Waals surface area (Å²) >= 11 is 0. The average Bonchev–Trinajstić information content (AvgIpc) is 2.93. The summed E-state index contributed by atoms with van der Waals surface area (Å²) in [6.45, 7) is 2.10. The molecule has 0 radical (unpaired) electrons. The Balaban J connectivity index is 1.62. The molecule has 7 nitrogen and oxygen atoms in total. The average molecular weight is 385 g/mol. The van der Waals surface area contributed by atoms with Gasteiger partial charge in [-0.05, 0) is 60.4 Å². The van der Waals surface area contributed by atoms with Crippen LogP contribution in [0.25, 0.3) is 0 Å². The summed E-state index contributed by atoms with van der Waals surface area (Å²) in [5.74, 6) is -0.166. The van der Waals surface area contributed by atoms with Crippen LogP contribution in [0.5, 0.6) is 0 Å². The first-order valence-electron chi connectivity index (χ1n) is 8.70. The molecule has 0 saturated carbocycles. The molecule has 8 heteroatoms. The van der Waals surface area contributed by atoms with Gasteiger partial charge in [-0.3, -0.25) is 14.3 Å². The van der Waals surface area contributed by atoms with E-state index in [1.165, 1.54) is 6.92 Å². The zero-order valence-electron chi connectivity index (χ0n) is 14.8. The van der Waals surface area contributed by atoms with Crippen molar-refractivity contribution < 1.29 is 18.0 Å². The summed E-state index contributed by atoms with van der Waals surface area (Å²) in [4.78, 5) is 25.1. The summed E-state index contributed by atoms with van der Waals surface area (Å²) in [6.07, 6.45) is 1.84. The van der Waals surface area contributed by atoms with Gasteiger partial charge in [0.2, 0.25) is 11.8 Å². The predicted octanol–water partition coefficient (Wildman–Crippen LogP) is 2.28. The molecule has 4 rings (SSSR count). The number of sulfonamides is 1. The zero-order valence-corrected chi connectivity index (χ0v) is 15.6. The number of hydrogen-bond donors (Lipinski definition) is 2. The Morgan fingerprint density at radius 3 is 2.44 bits per heavy atom. The SMILES string of the molecule is CC(=O)Nc1ccc(NS(=O)(=O)c2cc3c4c(c2)CC(=O)N4CCC3)cc1. The van der Waals surface area contributed by atoms with Crippen LogP contribution in [0, 0.1) is 0 Å². The Bertz CT molecular complexity index is 1050. The number of benzene rings is 2. The van der Waals surface area contributed by atoms with Crippen LogP contribution >= 0.6 is 0 Å². The van der Waals surface area contributed by atoms with Crippen molar-refractivity contribution in [3.63, 3.8) is 0 Å². The van der Waals surface area contributed by atoms with E-state index in [0.717, 1.165) is 29.7 Å². The van der Waals surface area contributed by atoms with Gasteiger partial charge in [0.05, 0.1) is 17.0 Å². The Hall–Kier alpha value is -2.87. The van der Waals surface area contributed by atoms with Gasteiger partial charge in [0, 0.05) is 24.8 Å². The van der Waals surface area contributed by atoms with E-state index >= 15 is 0 Å². The third-order valence-corrected chi connectivity index (χ3v) is 6.11. The molecule has 27 heavy (non-hydrogen) atoms. The van der Waals surface area contributed by atoms with Gasteiger partial charge in [-0.2, -0.15) is 0 Å². The highest BCUT2D eigenvalue weighted by atomic mass is 32.2. The molecule has 2 amide bonds. The molecule has 2 aromatic rings. The number of anilines is 3. The van der Waals surface area contributed by atoms with Crippen molar-refractivity contribution in [2.24, 2.45) is 0 Å². The molecule has 0 aromatic heterocycles. The van der Waals surface area contributed by atoms with Crippen LogP contribution in [0.15, 0.2) is 41.3 Å². The fraction of sp³-hybridized carbons (Fsp3) is 0.263. The van der Waals surface area contributed by atoms with Crippen molar-refractivity contribution in [1.82, 2.24) is 0 Å². The van der Waals surface area contributed by atoms with Crippen molar-refractivity contribution in [3.8, 4) is 0 Å². The molecule has 2 aliphatic rings. The van der Waals surface area contributed by atoms with Gasteiger partial charge in [-0.25, -0.2) is 8.42 Å². The van der Waals surface area contributed by atoms with E-state index in [-0.39, 0.29) is 23.1 Å². The van der Waals surface area contributed by atoms with Crippen LogP contribution in [0.4, 0.5) is 17.1 Å². The van der Waals surface area contributed by atoms with Crippen LogP contribution in [0.1, 0.15) is 24.5 Å². The number of nitrogens with one attached hydrogen (secondary N) is 2. The van der Waals surface area contributed by atoms with Crippen LogP contribution in [0.2, 0.25) is 0 Å². The first kappa shape index (κ1) is 17.5. The van der Waals surface area contributed by atoms with E-state index in [9.17, 15) is 18.0 Å². The summed E-state index contributed by atoms with van der Waals surface area (Å²) in [5.41, 5.74) is 3.57. The van der Waals surface area contributed by atoms with Gasteiger partial charge in [-0.15, -0.1) is 0 Å². The first-order valence-corrected chi connectivity index (χ1v) is 10.2. The number of aryl methyl sites for hydroxylation is 1. The summed E-state index contributed by atoms with van der Waals surface area (Å²) < 4.78 is 28.2. The van der Waals surface area contributed by atoms with Gasteiger partial charge in [0.25, 0.3) is 10.0 Å². The lowest BCUT2D eigenvalue weighted by Gasteiger charge is -2.26. The van der Waals surface area contributed by atoms with Crippen LogP contribution in [-0.4, -0.2) is 26.8 Å². The standard InChI is InChI=1S/C19H19N3O4S/c1-12(23)20-15-4-6-16(7-5-15)21-27(25,26)17-9-13-3-2-8-22-18(24)11-14(10-17)19(13)22/h4-7,9-10,21H,2-3,8,11H2,1H3,(H,20,23).